The maximum atomic E-state index is 12.8. The number of anilines is 2. The van der Waals surface area contributed by atoms with Crippen LogP contribution in [0.4, 0.5) is 16.2 Å². The van der Waals surface area contributed by atoms with Crippen molar-refractivity contribution in [1.29, 1.82) is 0 Å². The molecule has 13 nitrogen and oxygen atoms in total. The molecule has 3 atom stereocenters. The number of aromatic nitrogens is 5. The Kier molecular flexibility index (Phi) is 6.55. The van der Waals surface area contributed by atoms with Gasteiger partial charge in [0, 0.05) is 48.0 Å². The Hall–Kier alpha value is -4.43. The number of methoxy groups -OCH3 is 1. The number of cyclic esters (lactones) is 1. The maximum Gasteiger partial charge on any atom is 0.414 e. The number of hydrogen-bond acceptors (Lipinski definition) is 11. The van der Waals surface area contributed by atoms with Gasteiger partial charge in [-0.25, -0.2) is 14.5 Å². The summed E-state index contributed by atoms with van der Waals surface area (Å²) in [6, 6.07) is 11.4. The van der Waals surface area contributed by atoms with Crippen molar-refractivity contribution in [2.75, 3.05) is 49.3 Å². The van der Waals surface area contributed by atoms with Gasteiger partial charge in [0.1, 0.15) is 24.0 Å². The number of hydrogen-bond donors (Lipinski definition) is 1. The number of likely N-dealkylation sites (tertiary alicyclic amines) is 1. The molecule has 2 fully saturated rings. The molecule has 14 heteroatoms. The zero-order chi connectivity index (χ0) is 27.9. The fourth-order valence-electron chi connectivity index (χ4n) is 5.41. The highest BCUT2D eigenvalue weighted by atomic mass is 32.2. The van der Waals surface area contributed by atoms with E-state index in [4.69, 9.17) is 14.2 Å². The van der Waals surface area contributed by atoms with Crippen LogP contribution in [0.3, 0.4) is 0 Å². The molecule has 2 saturated heterocycles. The molecule has 0 saturated carbocycles. The van der Waals surface area contributed by atoms with Crippen LogP contribution < -0.4 is 19.7 Å². The van der Waals surface area contributed by atoms with Crippen LogP contribution in [0.2, 0.25) is 0 Å². The molecular formula is C27H26N8O5S. The summed E-state index contributed by atoms with van der Waals surface area (Å²) in [5.41, 5.74) is 2.15. The normalized spacial score (nSPS) is 22.5. The second-order valence-electron chi connectivity index (χ2n) is 10.0. The van der Waals surface area contributed by atoms with E-state index in [0.29, 0.717) is 43.3 Å². The van der Waals surface area contributed by atoms with Crippen LogP contribution in [0.5, 0.6) is 11.8 Å². The lowest BCUT2D eigenvalue weighted by molar-refractivity contribution is -0.113. The van der Waals surface area contributed by atoms with Crippen LogP contribution in [0.15, 0.2) is 59.9 Å². The monoisotopic (exact) mass is 574 g/mol. The minimum Gasteiger partial charge on any atom is -0.497 e. The van der Waals surface area contributed by atoms with Gasteiger partial charge in [-0.15, -0.1) is 16.9 Å². The summed E-state index contributed by atoms with van der Waals surface area (Å²) < 4.78 is 19.1. The number of amides is 2. The zero-order valence-corrected chi connectivity index (χ0v) is 22.9. The van der Waals surface area contributed by atoms with E-state index in [1.54, 1.807) is 29.1 Å². The Balaban J connectivity index is 1.05. The number of nitrogens with zero attached hydrogens (tertiary/aromatic N) is 7. The predicted molar refractivity (Wildman–Crippen MR) is 149 cm³/mol. The fourth-order valence-corrected chi connectivity index (χ4v) is 6.20. The Morgan fingerprint density at radius 3 is 2.93 bits per heavy atom. The fraction of sp³-hybridized carbons (Fsp3) is 0.333. The van der Waals surface area contributed by atoms with Crippen molar-refractivity contribution in [1.82, 2.24) is 29.9 Å². The number of ether oxygens (including phenoxy) is 3. The molecule has 1 N–H and O–H groups in total. The van der Waals surface area contributed by atoms with Gasteiger partial charge in [-0.3, -0.25) is 14.6 Å². The third-order valence-corrected chi connectivity index (χ3v) is 8.43. The molecule has 0 radical (unpaired) electrons. The van der Waals surface area contributed by atoms with Crippen molar-refractivity contribution in [3.05, 3.63) is 55.0 Å². The average molecular weight is 575 g/mol. The number of benzene rings is 2. The molecule has 2 aromatic carbocycles. The number of nitrogens with one attached hydrogen (secondary N) is 1. The van der Waals surface area contributed by atoms with Gasteiger partial charge in [0.25, 0.3) is 0 Å². The highest BCUT2D eigenvalue weighted by molar-refractivity contribution is 8.00. The van der Waals surface area contributed by atoms with Gasteiger partial charge >= 0.3 is 12.1 Å². The topological polar surface area (TPSA) is 137 Å². The number of carbonyl (C=O) groups is 2. The van der Waals surface area contributed by atoms with Gasteiger partial charge in [-0.2, -0.15) is 4.98 Å². The molecule has 7 rings (SSSR count). The van der Waals surface area contributed by atoms with Crippen molar-refractivity contribution in [2.24, 2.45) is 0 Å². The van der Waals surface area contributed by atoms with Crippen molar-refractivity contribution < 1.29 is 23.8 Å². The van der Waals surface area contributed by atoms with Crippen molar-refractivity contribution in [2.45, 2.75) is 23.1 Å². The Morgan fingerprint density at radius 2 is 2.07 bits per heavy atom. The molecule has 210 valence electrons. The van der Waals surface area contributed by atoms with E-state index < -0.39 is 6.09 Å². The maximum absolute atomic E-state index is 12.8. The minimum absolute atomic E-state index is 0.0522. The van der Waals surface area contributed by atoms with E-state index in [1.165, 1.54) is 11.8 Å². The molecule has 0 spiro atoms. The summed E-state index contributed by atoms with van der Waals surface area (Å²) in [4.78, 5) is 38.4. The Bertz CT molecular complexity index is 1620. The number of thioether (sulfide) groups is 1. The van der Waals surface area contributed by atoms with Crippen molar-refractivity contribution >= 4 is 46.0 Å². The summed E-state index contributed by atoms with van der Waals surface area (Å²) >= 11 is 1.48. The number of rotatable bonds is 7. The van der Waals surface area contributed by atoms with Crippen molar-refractivity contribution in [3.8, 4) is 11.8 Å². The number of carbonyl (C=O) groups excluding carboxylic acids is 2. The van der Waals surface area contributed by atoms with Crippen LogP contribution >= 0.6 is 11.8 Å². The first kappa shape index (κ1) is 25.5. The van der Waals surface area contributed by atoms with Gasteiger partial charge in [0.15, 0.2) is 0 Å². The third-order valence-electron chi connectivity index (χ3n) is 7.36. The molecule has 3 aliphatic rings. The van der Waals surface area contributed by atoms with Gasteiger partial charge in [0.05, 0.1) is 36.8 Å². The highest BCUT2D eigenvalue weighted by Crippen LogP contribution is 2.36. The largest absolute Gasteiger partial charge is 0.497 e. The lowest BCUT2D eigenvalue weighted by Crippen LogP contribution is -2.34. The lowest BCUT2D eigenvalue weighted by Gasteiger charge is -2.20. The SMILES string of the molecule is COc1ccc2nc(O[C@H]3CN(C[C@@H]4CN(c5ccc6c(c5)NC(=O)CS6)C(=O)O4)C[C@@H]3n3ccnn3)ncc2c1. The Morgan fingerprint density at radius 1 is 1.15 bits per heavy atom. The molecule has 0 aliphatic carbocycles. The summed E-state index contributed by atoms with van der Waals surface area (Å²) in [7, 11) is 1.62. The van der Waals surface area contributed by atoms with Crippen LogP contribution in [-0.4, -0.2) is 93.1 Å². The summed E-state index contributed by atoms with van der Waals surface area (Å²) in [6.45, 7) is 2.09. The van der Waals surface area contributed by atoms with Gasteiger partial charge in [-0.05, 0) is 36.4 Å². The minimum atomic E-state index is -0.411. The van der Waals surface area contributed by atoms with E-state index in [-0.39, 0.29) is 30.2 Å². The lowest BCUT2D eigenvalue weighted by atomic mass is 10.2. The zero-order valence-electron chi connectivity index (χ0n) is 22.0. The molecule has 5 heterocycles. The molecule has 0 unspecified atom stereocenters. The van der Waals surface area contributed by atoms with Crippen LogP contribution in [0.25, 0.3) is 10.9 Å². The third kappa shape index (κ3) is 5.11. The second kappa shape index (κ2) is 10.5. The average Bonchev–Trinajstić information content (AvgIpc) is 3.73. The predicted octanol–water partition coefficient (Wildman–Crippen LogP) is 2.60. The first-order valence-electron chi connectivity index (χ1n) is 13.1. The quantitative estimate of drug-likeness (QED) is 0.349. The Labute approximate surface area is 238 Å². The van der Waals surface area contributed by atoms with E-state index in [9.17, 15) is 9.59 Å². The van der Waals surface area contributed by atoms with Crippen molar-refractivity contribution in [3.63, 3.8) is 0 Å². The van der Waals surface area contributed by atoms with E-state index in [0.717, 1.165) is 21.5 Å². The molecule has 3 aliphatic heterocycles. The van der Waals surface area contributed by atoms with Gasteiger partial charge < -0.3 is 19.5 Å². The van der Waals surface area contributed by atoms with Crippen LogP contribution in [0, 0.1) is 0 Å². The summed E-state index contributed by atoms with van der Waals surface area (Å²) in [5.74, 6) is 1.07. The molecule has 0 bridgehead atoms. The molecular weight excluding hydrogens is 548 g/mol. The van der Waals surface area contributed by atoms with E-state index >= 15 is 0 Å². The van der Waals surface area contributed by atoms with Gasteiger partial charge in [-0.1, -0.05) is 5.21 Å². The summed E-state index contributed by atoms with van der Waals surface area (Å²) in [6.07, 6.45) is 4.10. The van der Waals surface area contributed by atoms with E-state index in [1.807, 2.05) is 42.6 Å². The molecule has 2 aromatic heterocycles. The highest BCUT2D eigenvalue weighted by Gasteiger charge is 2.41. The number of fused-ring (bicyclic) bond motifs is 2. The molecule has 4 aromatic rings. The molecule has 41 heavy (non-hydrogen) atoms. The van der Waals surface area contributed by atoms with Crippen LogP contribution in [-0.2, 0) is 9.53 Å². The van der Waals surface area contributed by atoms with Gasteiger partial charge in [0.2, 0.25) is 5.91 Å². The standard InChI is InChI=1S/C27H26N8O5S/c1-38-18-3-4-20-16(8-18)10-28-26(31-20)40-23-14-33(13-22(23)35-7-6-29-32-35)11-19-12-34(27(37)39-19)17-2-5-24-21(9-17)30-25(36)15-41-24/h2-10,19,22-23H,11-15H2,1H3,(H,30,36)/t19-,22+,23+/m1/s1. The first-order chi connectivity index (χ1) is 20.0. The molecule has 2 amide bonds. The summed E-state index contributed by atoms with van der Waals surface area (Å²) in [5, 5.41) is 11.9. The van der Waals surface area contributed by atoms with Crippen LogP contribution in [0.1, 0.15) is 6.04 Å². The second-order valence-corrected chi connectivity index (χ2v) is 11.1. The van der Waals surface area contributed by atoms with E-state index in [2.05, 4.69) is 30.5 Å². The smallest absolute Gasteiger partial charge is 0.414 e. The first-order valence-corrected chi connectivity index (χ1v) is 14.1.